The van der Waals surface area contributed by atoms with Crippen molar-refractivity contribution in [1.82, 2.24) is 4.90 Å². The molecule has 1 amide bonds. The van der Waals surface area contributed by atoms with Crippen molar-refractivity contribution in [3.05, 3.63) is 71.5 Å². The molecular formula is C21H23FN2O2. The molecule has 0 aromatic heterocycles. The van der Waals surface area contributed by atoms with E-state index in [1.807, 2.05) is 44.2 Å². The van der Waals surface area contributed by atoms with Crippen molar-refractivity contribution in [1.29, 1.82) is 0 Å². The number of nitrogens with zero attached hydrogens (tertiary/aromatic N) is 2. The van der Waals surface area contributed by atoms with Gasteiger partial charge in [-0.3, -0.25) is 4.79 Å². The first-order valence-corrected chi connectivity index (χ1v) is 8.84. The number of hydrogen-bond acceptors (Lipinski definition) is 3. The number of amides is 1. The predicted molar refractivity (Wildman–Crippen MR) is 99.1 cm³/mol. The van der Waals surface area contributed by atoms with Gasteiger partial charge in [0, 0.05) is 18.9 Å². The first kappa shape index (κ1) is 18.1. The highest BCUT2D eigenvalue weighted by molar-refractivity contribution is 6.01. The van der Waals surface area contributed by atoms with Crippen molar-refractivity contribution in [2.45, 2.75) is 32.9 Å². The third kappa shape index (κ3) is 4.48. The van der Waals surface area contributed by atoms with Crippen molar-refractivity contribution >= 4 is 11.6 Å². The molecule has 2 aromatic rings. The van der Waals surface area contributed by atoms with E-state index in [9.17, 15) is 9.18 Å². The minimum atomic E-state index is -0.282. The molecule has 1 atom stereocenters. The summed E-state index contributed by atoms with van der Waals surface area (Å²) in [4.78, 5) is 20.0. The van der Waals surface area contributed by atoms with Gasteiger partial charge in [0.15, 0.2) is 6.10 Å². The van der Waals surface area contributed by atoms with Crippen molar-refractivity contribution in [3.63, 3.8) is 0 Å². The zero-order valence-corrected chi connectivity index (χ0v) is 15.1. The minimum absolute atomic E-state index is 0.0473. The third-order valence-electron chi connectivity index (χ3n) is 4.36. The Bertz CT molecular complexity index is 772. The van der Waals surface area contributed by atoms with Crippen LogP contribution in [0.3, 0.4) is 0 Å². The van der Waals surface area contributed by atoms with Gasteiger partial charge in [-0.25, -0.2) is 4.39 Å². The normalized spacial score (nSPS) is 16.3. The topological polar surface area (TPSA) is 41.9 Å². The fraction of sp³-hybridized carbons (Fsp3) is 0.333. The lowest BCUT2D eigenvalue weighted by Gasteiger charge is -2.26. The Morgan fingerprint density at radius 3 is 2.54 bits per heavy atom. The maximum absolute atomic E-state index is 13.1. The first-order valence-electron chi connectivity index (χ1n) is 8.84. The van der Waals surface area contributed by atoms with Crippen molar-refractivity contribution in [2.24, 2.45) is 11.1 Å². The van der Waals surface area contributed by atoms with Crippen LogP contribution in [0.2, 0.25) is 0 Å². The maximum atomic E-state index is 13.1. The molecule has 1 heterocycles. The van der Waals surface area contributed by atoms with Crippen LogP contribution in [0, 0.1) is 11.7 Å². The summed E-state index contributed by atoms with van der Waals surface area (Å²) in [6.07, 6.45) is 0.489. The van der Waals surface area contributed by atoms with Crippen LogP contribution >= 0.6 is 0 Å². The van der Waals surface area contributed by atoms with E-state index in [1.165, 1.54) is 12.1 Å². The molecule has 0 saturated heterocycles. The smallest absolute Gasteiger partial charge is 0.225 e. The number of carbonyl (C=O) groups is 1. The first-order chi connectivity index (χ1) is 12.5. The standard InChI is InChI=1S/C21H23FN2O2/c1-15(2)21(25)24(13-16-8-10-18(22)11-9-16)14-19-12-20(23-26-19)17-6-4-3-5-7-17/h3-11,15,19H,12-14H2,1-2H3. The molecule has 0 bridgehead atoms. The number of benzene rings is 2. The van der Waals surface area contributed by atoms with E-state index in [0.29, 0.717) is 19.5 Å². The molecular weight excluding hydrogens is 331 g/mol. The molecule has 5 heteroatoms. The van der Waals surface area contributed by atoms with E-state index in [4.69, 9.17) is 4.84 Å². The predicted octanol–water partition coefficient (Wildman–Crippen LogP) is 4.00. The molecule has 2 aromatic carbocycles. The molecule has 1 aliphatic rings. The van der Waals surface area contributed by atoms with Gasteiger partial charge in [-0.2, -0.15) is 0 Å². The number of rotatable bonds is 6. The Kier molecular flexibility index (Phi) is 5.66. The molecule has 0 saturated carbocycles. The van der Waals surface area contributed by atoms with E-state index < -0.39 is 0 Å². The van der Waals surface area contributed by atoms with E-state index in [2.05, 4.69) is 5.16 Å². The molecule has 0 spiro atoms. The van der Waals surface area contributed by atoms with Crippen molar-refractivity contribution in [3.8, 4) is 0 Å². The Morgan fingerprint density at radius 2 is 1.88 bits per heavy atom. The summed E-state index contributed by atoms with van der Waals surface area (Å²) >= 11 is 0. The minimum Gasteiger partial charge on any atom is -0.390 e. The van der Waals surface area contributed by atoms with Crippen LogP contribution in [0.4, 0.5) is 4.39 Å². The van der Waals surface area contributed by atoms with E-state index in [1.54, 1.807) is 17.0 Å². The van der Waals surface area contributed by atoms with Crippen molar-refractivity contribution < 1.29 is 14.0 Å². The quantitative estimate of drug-likeness (QED) is 0.787. The zero-order chi connectivity index (χ0) is 18.5. The second-order valence-electron chi connectivity index (χ2n) is 6.84. The molecule has 26 heavy (non-hydrogen) atoms. The fourth-order valence-corrected chi connectivity index (χ4v) is 2.98. The summed E-state index contributed by atoms with van der Waals surface area (Å²) in [6, 6.07) is 16.1. The Hall–Kier alpha value is -2.69. The number of carbonyl (C=O) groups excluding carboxylic acids is 1. The largest absolute Gasteiger partial charge is 0.390 e. The van der Waals surface area contributed by atoms with Crippen LogP contribution in [0.5, 0.6) is 0 Å². The van der Waals surface area contributed by atoms with Gasteiger partial charge < -0.3 is 9.74 Å². The number of oxime groups is 1. The highest BCUT2D eigenvalue weighted by Crippen LogP contribution is 2.19. The van der Waals surface area contributed by atoms with Crippen molar-refractivity contribution in [2.75, 3.05) is 6.54 Å². The fourth-order valence-electron chi connectivity index (χ4n) is 2.98. The summed E-state index contributed by atoms with van der Waals surface area (Å²) in [5.41, 5.74) is 2.83. The lowest BCUT2D eigenvalue weighted by Crippen LogP contribution is -2.39. The highest BCUT2D eigenvalue weighted by Gasteiger charge is 2.27. The third-order valence-corrected chi connectivity index (χ3v) is 4.36. The highest BCUT2D eigenvalue weighted by atomic mass is 19.1. The van der Waals surface area contributed by atoms with E-state index in [-0.39, 0.29) is 23.7 Å². The van der Waals surface area contributed by atoms with Gasteiger partial charge in [-0.1, -0.05) is 61.5 Å². The molecule has 0 fully saturated rings. The van der Waals surface area contributed by atoms with Crippen LogP contribution in [0.25, 0.3) is 0 Å². The monoisotopic (exact) mass is 354 g/mol. The molecule has 1 aliphatic heterocycles. The Balaban J connectivity index is 1.67. The van der Waals surface area contributed by atoms with Gasteiger partial charge in [-0.15, -0.1) is 0 Å². The number of halogens is 1. The van der Waals surface area contributed by atoms with Gasteiger partial charge >= 0.3 is 0 Å². The maximum Gasteiger partial charge on any atom is 0.225 e. The Morgan fingerprint density at radius 1 is 1.19 bits per heavy atom. The molecule has 3 rings (SSSR count). The zero-order valence-electron chi connectivity index (χ0n) is 15.1. The van der Waals surface area contributed by atoms with Crippen LogP contribution < -0.4 is 0 Å². The van der Waals surface area contributed by atoms with Crippen LogP contribution in [0.15, 0.2) is 59.8 Å². The average Bonchev–Trinajstić information content (AvgIpc) is 3.11. The number of hydrogen-bond donors (Lipinski definition) is 0. The van der Waals surface area contributed by atoms with Gasteiger partial charge in [0.2, 0.25) is 5.91 Å². The molecule has 0 N–H and O–H groups in total. The molecule has 136 valence electrons. The lowest BCUT2D eigenvalue weighted by molar-refractivity contribution is -0.136. The molecule has 4 nitrogen and oxygen atoms in total. The Labute approximate surface area is 153 Å². The second-order valence-corrected chi connectivity index (χ2v) is 6.84. The second kappa shape index (κ2) is 8.13. The molecule has 1 unspecified atom stereocenters. The van der Waals surface area contributed by atoms with Gasteiger partial charge in [-0.05, 0) is 23.3 Å². The van der Waals surface area contributed by atoms with Gasteiger partial charge in [0.05, 0.1) is 12.3 Å². The van der Waals surface area contributed by atoms with Gasteiger partial charge in [0.1, 0.15) is 5.82 Å². The lowest BCUT2D eigenvalue weighted by atomic mass is 10.0. The summed E-state index contributed by atoms with van der Waals surface area (Å²) in [6.45, 7) is 4.63. The molecule has 0 aliphatic carbocycles. The van der Waals surface area contributed by atoms with Crippen LogP contribution in [-0.4, -0.2) is 29.2 Å². The van der Waals surface area contributed by atoms with E-state index in [0.717, 1.165) is 16.8 Å². The van der Waals surface area contributed by atoms with Crippen LogP contribution in [0.1, 0.15) is 31.4 Å². The molecule has 0 radical (unpaired) electrons. The van der Waals surface area contributed by atoms with Crippen LogP contribution in [-0.2, 0) is 16.2 Å². The summed E-state index contributed by atoms with van der Waals surface area (Å²) in [5.74, 6) is -0.354. The van der Waals surface area contributed by atoms with E-state index >= 15 is 0 Å². The SMILES string of the molecule is CC(C)C(=O)N(Cc1ccc(F)cc1)CC1CC(c2ccccc2)=NO1. The summed E-state index contributed by atoms with van der Waals surface area (Å²) < 4.78 is 13.1. The average molecular weight is 354 g/mol. The summed E-state index contributed by atoms with van der Waals surface area (Å²) in [5, 5.41) is 4.19. The summed E-state index contributed by atoms with van der Waals surface area (Å²) in [7, 11) is 0. The van der Waals surface area contributed by atoms with Gasteiger partial charge in [0.25, 0.3) is 0 Å².